The van der Waals surface area contributed by atoms with Gasteiger partial charge in [0.05, 0.1) is 26.4 Å². The van der Waals surface area contributed by atoms with Gasteiger partial charge in [-0.15, -0.1) is 0 Å². The SMILES string of the molecule is COc1ccc(C(=O)CCO)c(OC)c1C. The molecular weight excluding hydrogens is 208 g/mol. The van der Waals surface area contributed by atoms with Gasteiger partial charge >= 0.3 is 0 Å². The Morgan fingerprint density at radius 1 is 1.31 bits per heavy atom. The van der Waals surface area contributed by atoms with E-state index in [9.17, 15) is 4.79 Å². The van der Waals surface area contributed by atoms with E-state index in [2.05, 4.69) is 0 Å². The molecule has 1 aromatic carbocycles. The van der Waals surface area contributed by atoms with Gasteiger partial charge in [0, 0.05) is 12.0 Å². The number of methoxy groups -OCH3 is 2. The zero-order chi connectivity index (χ0) is 12.1. The highest BCUT2D eigenvalue weighted by molar-refractivity contribution is 5.99. The summed E-state index contributed by atoms with van der Waals surface area (Å²) in [7, 11) is 3.08. The first kappa shape index (κ1) is 12.5. The Bertz CT molecular complexity index is 385. The summed E-state index contributed by atoms with van der Waals surface area (Å²) < 4.78 is 10.3. The molecule has 16 heavy (non-hydrogen) atoms. The third-order valence-corrected chi connectivity index (χ3v) is 2.42. The number of carbonyl (C=O) groups is 1. The standard InChI is InChI=1S/C12H16O4/c1-8-11(15-2)5-4-9(12(8)16-3)10(14)6-7-13/h4-5,13H,6-7H2,1-3H3. The van der Waals surface area contributed by atoms with Crippen molar-refractivity contribution in [3.8, 4) is 11.5 Å². The largest absolute Gasteiger partial charge is 0.496 e. The molecule has 0 saturated carbocycles. The van der Waals surface area contributed by atoms with E-state index in [0.717, 1.165) is 5.56 Å². The van der Waals surface area contributed by atoms with Gasteiger partial charge in [-0.05, 0) is 19.1 Å². The van der Waals surface area contributed by atoms with Crippen LogP contribution in [-0.2, 0) is 0 Å². The van der Waals surface area contributed by atoms with E-state index in [1.54, 1.807) is 19.2 Å². The number of rotatable bonds is 5. The highest BCUT2D eigenvalue weighted by atomic mass is 16.5. The number of hydrogen-bond acceptors (Lipinski definition) is 4. The molecule has 0 saturated heterocycles. The molecule has 0 spiro atoms. The van der Waals surface area contributed by atoms with Crippen molar-refractivity contribution in [3.05, 3.63) is 23.3 Å². The number of aliphatic hydroxyl groups excluding tert-OH is 1. The third-order valence-electron chi connectivity index (χ3n) is 2.42. The summed E-state index contributed by atoms with van der Waals surface area (Å²) in [6.45, 7) is 1.67. The summed E-state index contributed by atoms with van der Waals surface area (Å²) in [5, 5.41) is 8.75. The molecule has 4 heteroatoms. The smallest absolute Gasteiger partial charge is 0.168 e. The Kier molecular flexibility index (Phi) is 4.31. The predicted molar refractivity (Wildman–Crippen MR) is 60.3 cm³/mol. The van der Waals surface area contributed by atoms with Crippen molar-refractivity contribution in [1.29, 1.82) is 0 Å². The highest BCUT2D eigenvalue weighted by Crippen LogP contribution is 2.31. The maximum Gasteiger partial charge on any atom is 0.168 e. The van der Waals surface area contributed by atoms with Gasteiger partial charge in [0.25, 0.3) is 0 Å². The molecule has 0 amide bonds. The summed E-state index contributed by atoms with van der Waals surface area (Å²) in [6, 6.07) is 3.38. The van der Waals surface area contributed by atoms with E-state index in [4.69, 9.17) is 14.6 Å². The van der Waals surface area contributed by atoms with Crippen LogP contribution in [0.15, 0.2) is 12.1 Å². The zero-order valence-corrected chi connectivity index (χ0v) is 9.74. The average molecular weight is 224 g/mol. The van der Waals surface area contributed by atoms with Crippen molar-refractivity contribution in [3.63, 3.8) is 0 Å². The van der Waals surface area contributed by atoms with Gasteiger partial charge in [-0.1, -0.05) is 0 Å². The van der Waals surface area contributed by atoms with Crippen LogP contribution in [0.5, 0.6) is 11.5 Å². The molecule has 0 bridgehead atoms. The van der Waals surface area contributed by atoms with Gasteiger partial charge in [-0.3, -0.25) is 4.79 Å². The molecule has 0 unspecified atom stereocenters. The lowest BCUT2D eigenvalue weighted by molar-refractivity contribution is 0.0953. The minimum atomic E-state index is -0.160. The molecule has 4 nitrogen and oxygen atoms in total. The molecule has 1 rings (SSSR count). The molecule has 0 radical (unpaired) electrons. The van der Waals surface area contributed by atoms with Gasteiger partial charge in [-0.2, -0.15) is 0 Å². The topological polar surface area (TPSA) is 55.8 Å². The van der Waals surface area contributed by atoms with Crippen LogP contribution in [0.3, 0.4) is 0 Å². The highest BCUT2D eigenvalue weighted by Gasteiger charge is 2.16. The Morgan fingerprint density at radius 2 is 2.00 bits per heavy atom. The molecule has 0 aromatic heterocycles. The van der Waals surface area contributed by atoms with E-state index in [1.165, 1.54) is 7.11 Å². The Balaban J connectivity index is 3.20. The van der Waals surface area contributed by atoms with Crippen LogP contribution < -0.4 is 9.47 Å². The number of hydrogen-bond donors (Lipinski definition) is 1. The van der Waals surface area contributed by atoms with Gasteiger partial charge in [0.2, 0.25) is 0 Å². The molecule has 0 aliphatic carbocycles. The number of benzene rings is 1. The first-order valence-corrected chi connectivity index (χ1v) is 5.01. The quantitative estimate of drug-likeness (QED) is 0.771. The maximum absolute atomic E-state index is 11.7. The lowest BCUT2D eigenvalue weighted by Crippen LogP contribution is -2.06. The second-order valence-electron chi connectivity index (χ2n) is 3.37. The molecule has 1 N–H and O–H groups in total. The fourth-order valence-electron chi connectivity index (χ4n) is 1.61. The number of carbonyl (C=O) groups excluding carboxylic acids is 1. The van der Waals surface area contributed by atoms with Crippen molar-refractivity contribution < 1.29 is 19.4 Å². The van der Waals surface area contributed by atoms with Gasteiger partial charge in [0.15, 0.2) is 5.78 Å². The molecule has 88 valence electrons. The minimum absolute atomic E-state index is 0.0993. The van der Waals surface area contributed by atoms with E-state index in [1.807, 2.05) is 6.92 Å². The summed E-state index contributed by atoms with van der Waals surface area (Å²) in [4.78, 5) is 11.7. The van der Waals surface area contributed by atoms with Crippen molar-refractivity contribution in [2.45, 2.75) is 13.3 Å². The molecule has 1 aromatic rings. The summed E-state index contributed by atoms with van der Waals surface area (Å²) >= 11 is 0. The normalized spacial score (nSPS) is 10.0. The number of aliphatic hydroxyl groups is 1. The van der Waals surface area contributed by atoms with E-state index in [0.29, 0.717) is 17.1 Å². The maximum atomic E-state index is 11.7. The molecular formula is C12H16O4. The third kappa shape index (κ3) is 2.33. The fourth-order valence-corrected chi connectivity index (χ4v) is 1.61. The van der Waals surface area contributed by atoms with E-state index >= 15 is 0 Å². The molecule has 0 atom stereocenters. The van der Waals surface area contributed by atoms with Crippen molar-refractivity contribution in [1.82, 2.24) is 0 Å². The Hall–Kier alpha value is -1.55. The minimum Gasteiger partial charge on any atom is -0.496 e. The monoisotopic (exact) mass is 224 g/mol. The average Bonchev–Trinajstić information content (AvgIpc) is 2.28. The van der Waals surface area contributed by atoms with Crippen LogP contribution in [0.2, 0.25) is 0 Å². The van der Waals surface area contributed by atoms with Gasteiger partial charge in [0.1, 0.15) is 11.5 Å². The second-order valence-corrected chi connectivity index (χ2v) is 3.37. The van der Waals surface area contributed by atoms with Crippen molar-refractivity contribution in [2.75, 3.05) is 20.8 Å². The van der Waals surface area contributed by atoms with Crippen LogP contribution in [-0.4, -0.2) is 31.7 Å². The van der Waals surface area contributed by atoms with E-state index in [-0.39, 0.29) is 18.8 Å². The molecule has 0 heterocycles. The number of Topliss-reactive ketones (excluding diaryl/α,β-unsaturated/α-hetero) is 1. The van der Waals surface area contributed by atoms with Crippen LogP contribution in [0.25, 0.3) is 0 Å². The Morgan fingerprint density at radius 3 is 2.50 bits per heavy atom. The first-order valence-electron chi connectivity index (χ1n) is 5.01. The van der Waals surface area contributed by atoms with Gasteiger partial charge < -0.3 is 14.6 Å². The first-order chi connectivity index (χ1) is 7.65. The van der Waals surface area contributed by atoms with E-state index < -0.39 is 0 Å². The summed E-state index contributed by atoms with van der Waals surface area (Å²) in [5.74, 6) is 1.06. The predicted octanol–water partition coefficient (Wildman–Crippen LogP) is 1.58. The zero-order valence-electron chi connectivity index (χ0n) is 9.74. The van der Waals surface area contributed by atoms with Crippen molar-refractivity contribution >= 4 is 5.78 Å². The number of ether oxygens (including phenoxy) is 2. The van der Waals surface area contributed by atoms with Crippen molar-refractivity contribution in [2.24, 2.45) is 0 Å². The van der Waals surface area contributed by atoms with Crippen LogP contribution >= 0.6 is 0 Å². The van der Waals surface area contributed by atoms with Gasteiger partial charge in [-0.25, -0.2) is 0 Å². The summed E-state index contributed by atoms with van der Waals surface area (Å²) in [5.41, 5.74) is 1.27. The molecule has 0 aliphatic heterocycles. The Labute approximate surface area is 94.8 Å². The summed E-state index contributed by atoms with van der Waals surface area (Å²) in [6.07, 6.45) is 0.0993. The fraction of sp³-hybridized carbons (Fsp3) is 0.417. The van der Waals surface area contributed by atoms with Crippen LogP contribution in [0, 0.1) is 6.92 Å². The molecule has 0 fully saturated rings. The van der Waals surface area contributed by atoms with Crippen LogP contribution in [0.4, 0.5) is 0 Å². The lowest BCUT2D eigenvalue weighted by atomic mass is 10.0. The van der Waals surface area contributed by atoms with Crippen LogP contribution in [0.1, 0.15) is 22.3 Å². The second kappa shape index (κ2) is 5.51. The number of ketones is 1. The molecule has 0 aliphatic rings. The lowest BCUT2D eigenvalue weighted by Gasteiger charge is -2.13.